The third-order valence-electron chi connectivity index (χ3n) is 9.83. The van der Waals surface area contributed by atoms with Gasteiger partial charge in [-0.25, -0.2) is 4.79 Å². The van der Waals surface area contributed by atoms with Gasteiger partial charge in [0.15, 0.2) is 0 Å². The van der Waals surface area contributed by atoms with Crippen LogP contribution in [0, 0.1) is 46.3 Å². The first-order chi connectivity index (χ1) is 13.7. The van der Waals surface area contributed by atoms with Crippen molar-refractivity contribution in [3.63, 3.8) is 0 Å². The molecule has 1 unspecified atom stereocenters. The molecule has 0 aromatic carbocycles. The summed E-state index contributed by atoms with van der Waals surface area (Å²) in [5.41, 5.74) is 0.101. The number of hydrogen-bond acceptors (Lipinski definition) is 5. The second-order valence-electron chi connectivity index (χ2n) is 10.7. The summed E-state index contributed by atoms with van der Waals surface area (Å²) in [5.74, 6) is 0.0447. The fraction of sp³-hybridized carbons (Fsp3) is 0.870. The van der Waals surface area contributed by atoms with Crippen molar-refractivity contribution in [2.24, 2.45) is 46.3 Å². The highest BCUT2D eigenvalue weighted by molar-refractivity contribution is 5.80. The third-order valence-corrected chi connectivity index (χ3v) is 9.83. The highest BCUT2D eigenvalue weighted by atomic mass is 17.1. The number of aliphatic carboxylic acids is 1. The molecule has 4 aliphatic carbocycles. The molecule has 6 heteroatoms. The van der Waals surface area contributed by atoms with Gasteiger partial charge >= 0.3 is 11.9 Å². The molecular formula is C23H34O6. The molecule has 29 heavy (non-hydrogen) atoms. The van der Waals surface area contributed by atoms with Crippen LogP contribution in [0.1, 0.15) is 78.1 Å². The molecule has 0 bridgehead atoms. The Morgan fingerprint density at radius 2 is 1.83 bits per heavy atom. The van der Waals surface area contributed by atoms with Gasteiger partial charge in [0.1, 0.15) is 5.78 Å². The number of fused-ring (bicyclic) bond motifs is 5. The van der Waals surface area contributed by atoms with E-state index in [-0.39, 0.29) is 40.8 Å². The molecule has 4 fully saturated rings. The number of hydrogen-bond donors (Lipinski definition) is 2. The molecule has 6 nitrogen and oxygen atoms in total. The molecule has 0 heterocycles. The third kappa shape index (κ3) is 3.22. The summed E-state index contributed by atoms with van der Waals surface area (Å²) < 4.78 is 0. The van der Waals surface area contributed by atoms with Gasteiger partial charge in [0.25, 0.3) is 0 Å². The Hall–Kier alpha value is -1.43. The fourth-order valence-electron chi connectivity index (χ4n) is 8.25. The SMILES string of the molecule is C[C@]12CC[C@H]3[C@@H]([C@H](C(=O)OO)CC4CC(=O)CC[C@@]43C)[C@@H]1CC[C@H]2CCC(=O)O. The number of Topliss-reactive ketones (excluding diaryl/α,β-unsaturated/α-hetero) is 1. The normalized spacial score (nSPS) is 46.4. The van der Waals surface area contributed by atoms with Crippen LogP contribution < -0.4 is 0 Å². The smallest absolute Gasteiger partial charge is 0.345 e. The molecule has 4 rings (SSSR count). The van der Waals surface area contributed by atoms with Crippen molar-refractivity contribution in [2.45, 2.75) is 78.1 Å². The maximum Gasteiger partial charge on any atom is 0.345 e. The van der Waals surface area contributed by atoms with Crippen LogP contribution in [0.5, 0.6) is 0 Å². The van der Waals surface area contributed by atoms with E-state index in [1.807, 2.05) is 0 Å². The largest absolute Gasteiger partial charge is 0.481 e. The first-order valence-corrected chi connectivity index (χ1v) is 11.3. The van der Waals surface area contributed by atoms with Crippen LogP contribution in [0.4, 0.5) is 0 Å². The zero-order valence-electron chi connectivity index (χ0n) is 17.6. The molecular weight excluding hydrogens is 372 g/mol. The Kier molecular flexibility index (Phi) is 5.29. The standard InChI is InChI=1S/C23H34O6/c1-22-10-8-18-20(17(22)5-3-13(22)4-6-19(25)26)16(21(27)29-28)12-14-11-15(24)7-9-23(14,18)2/h13-14,16-18,20,28H,3-12H2,1-2H3,(H,25,26)/t13-,14?,16+,17-,18-,20-,22+,23-/m0/s1. The topological polar surface area (TPSA) is 101 Å². The Labute approximate surface area is 172 Å². The zero-order chi connectivity index (χ0) is 21.0. The maximum absolute atomic E-state index is 12.6. The summed E-state index contributed by atoms with van der Waals surface area (Å²) in [6.07, 6.45) is 7.67. The van der Waals surface area contributed by atoms with Crippen molar-refractivity contribution in [1.29, 1.82) is 0 Å². The number of ketones is 1. The van der Waals surface area contributed by atoms with E-state index in [0.29, 0.717) is 43.4 Å². The first-order valence-electron chi connectivity index (χ1n) is 11.3. The summed E-state index contributed by atoms with van der Waals surface area (Å²) in [4.78, 5) is 40.2. The van der Waals surface area contributed by atoms with Gasteiger partial charge in [0, 0.05) is 19.3 Å². The van der Waals surface area contributed by atoms with Crippen LogP contribution in [0.3, 0.4) is 0 Å². The average Bonchev–Trinajstić information content (AvgIpc) is 3.02. The molecule has 2 N–H and O–H groups in total. The highest BCUT2D eigenvalue weighted by Crippen LogP contribution is 2.69. The van der Waals surface area contributed by atoms with E-state index in [1.165, 1.54) is 0 Å². The van der Waals surface area contributed by atoms with Crippen LogP contribution in [0.25, 0.3) is 0 Å². The van der Waals surface area contributed by atoms with E-state index in [4.69, 9.17) is 5.11 Å². The van der Waals surface area contributed by atoms with Gasteiger partial charge in [0.2, 0.25) is 0 Å². The predicted molar refractivity (Wildman–Crippen MR) is 105 cm³/mol. The number of carboxylic acid groups (broad SMARTS) is 1. The Morgan fingerprint density at radius 1 is 1.10 bits per heavy atom. The van der Waals surface area contributed by atoms with E-state index < -0.39 is 11.9 Å². The maximum atomic E-state index is 12.6. The molecule has 4 saturated carbocycles. The van der Waals surface area contributed by atoms with E-state index >= 15 is 0 Å². The molecule has 0 aromatic rings. The minimum Gasteiger partial charge on any atom is -0.481 e. The Bertz CT molecular complexity index is 703. The van der Waals surface area contributed by atoms with Crippen LogP contribution >= 0.6 is 0 Å². The van der Waals surface area contributed by atoms with Crippen molar-refractivity contribution < 1.29 is 29.6 Å². The number of rotatable bonds is 4. The number of carbonyl (C=O) groups is 3. The van der Waals surface area contributed by atoms with Gasteiger partial charge in [-0.15, -0.1) is 0 Å². The lowest BCUT2D eigenvalue weighted by Crippen LogP contribution is -2.58. The van der Waals surface area contributed by atoms with Crippen molar-refractivity contribution in [3.8, 4) is 0 Å². The molecule has 0 aromatic heterocycles. The second-order valence-corrected chi connectivity index (χ2v) is 10.7. The first kappa shape index (κ1) is 20.8. The zero-order valence-corrected chi connectivity index (χ0v) is 17.6. The molecule has 4 aliphatic rings. The summed E-state index contributed by atoms with van der Waals surface area (Å²) in [5, 5.41) is 18.4. The fourth-order valence-corrected chi connectivity index (χ4v) is 8.25. The number of carboxylic acids is 1. The van der Waals surface area contributed by atoms with Crippen molar-refractivity contribution in [3.05, 3.63) is 0 Å². The molecule has 0 saturated heterocycles. The van der Waals surface area contributed by atoms with Crippen molar-refractivity contribution >= 4 is 17.7 Å². The van der Waals surface area contributed by atoms with Gasteiger partial charge in [0.05, 0.1) is 5.92 Å². The average molecular weight is 407 g/mol. The molecule has 162 valence electrons. The summed E-state index contributed by atoms with van der Waals surface area (Å²) in [6, 6.07) is 0. The lowest BCUT2D eigenvalue weighted by molar-refractivity contribution is -0.249. The van der Waals surface area contributed by atoms with Gasteiger partial charge in [-0.1, -0.05) is 13.8 Å². The van der Waals surface area contributed by atoms with Gasteiger partial charge in [-0.3, -0.25) is 9.59 Å². The van der Waals surface area contributed by atoms with Crippen molar-refractivity contribution in [2.75, 3.05) is 0 Å². The van der Waals surface area contributed by atoms with Crippen LogP contribution in [-0.2, 0) is 19.3 Å². The minimum atomic E-state index is -0.743. The summed E-state index contributed by atoms with van der Waals surface area (Å²) >= 11 is 0. The lowest BCUT2D eigenvalue weighted by atomic mass is 9.42. The highest BCUT2D eigenvalue weighted by Gasteiger charge is 2.63. The predicted octanol–water partition coefficient (Wildman–Crippen LogP) is 4.32. The molecule has 0 aliphatic heterocycles. The monoisotopic (exact) mass is 406 g/mol. The van der Waals surface area contributed by atoms with Gasteiger partial charge < -0.3 is 9.99 Å². The lowest BCUT2D eigenvalue weighted by Gasteiger charge is -2.61. The number of carbonyl (C=O) groups excluding carboxylic acids is 2. The summed E-state index contributed by atoms with van der Waals surface area (Å²) in [7, 11) is 0. The van der Waals surface area contributed by atoms with Crippen LogP contribution in [-0.4, -0.2) is 28.1 Å². The van der Waals surface area contributed by atoms with E-state index in [9.17, 15) is 19.6 Å². The molecule has 0 amide bonds. The van der Waals surface area contributed by atoms with Crippen LogP contribution in [0.2, 0.25) is 0 Å². The Balaban J connectivity index is 1.66. The van der Waals surface area contributed by atoms with E-state index in [2.05, 4.69) is 18.7 Å². The Morgan fingerprint density at radius 3 is 2.52 bits per heavy atom. The molecule has 8 atom stereocenters. The van der Waals surface area contributed by atoms with Gasteiger partial charge in [-0.2, -0.15) is 5.26 Å². The quantitative estimate of drug-likeness (QED) is 0.533. The molecule has 0 radical (unpaired) electrons. The van der Waals surface area contributed by atoms with Crippen molar-refractivity contribution in [1.82, 2.24) is 0 Å². The van der Waals surface area contributed by atoms with E-state index in [0.717, 1.165) is 32.1 Å². The second kappa shape index (κ2) is 7.36. The minimum absolute atomic E-state index is 0.0400. The van der Waals surface area contributed by atoms with E-state index in [1.54, 1.807) is 0 Å². The summed E-state index contributed by atoms with van der Waals surface area (Å²) in [6.45, 7) is 4.62. The molecule has 0 spiro atoms. The van der Waals surface area contributed by atoms with Gasteiger partial charge in [-0.05, 0) is 85.4 Å². The van der Waals surface area contributed by atoms with Crippen LogP contribution in [0.15, 0.2) is 0 Å².